The van der Waals surface area contributed by atoms with Gasteiger partial charge in [-0.15, -0.1) is 0 Å². The molecule has 1 aliphatic heterocycles. The molecule has 4 heteroatoms. The van der Waals surface area contributed by atoms with Crippen molar-refractivity contribution in [1.29, 1.82) is 0 Å². The molecule has 21 heavy (non-hydrogen) atoms. The highest BCUT2D eigenvalue weighted by Gasteiger charge is 2.08. The van der Waals surface area contributed by atoms with Gasteiger partial charge >= 0.3 is 0 Å². The van der Waals surface area contributed by atoms with E-state index in [-0.39, 0.29) is 7.43 Å². The highest BCUT2D eigenvalue weighted by atomic mass is 35.5. The van der Waals surface area contributed by atoms with Crippen LogP contribution in [-0.2, 0) is 6.42 Å². The molecular formula is C17H18Cl2N2. The molecule has 2 aromatic carbocycles. The molecule has 3 aromatic rings. The van der Waals surface area contributed by atoms with Gasteiger partial charge in [-0.25, -0.2) is 0 Å². The van der Waals surface area contributed by atoms with Gasteiger partial charge in [-0.05, 0) is 47.7 Å². The van der Waals surface area contributed by atoms with Gasteiger partial charge in [0.25, 0.3) is 0 Å². The molecule has 0 saturated carbocycles. The van der Waals surface area contributed by atoms with Gasteiger partial charge in [0.2, 0.25) is 0 Å². The Morgan fingerprint density at radius 1 is 0.905 bits per heavy atom. The van der Waals surface area contributed by atoms with Gasteiger partial charge in [-0.1, -0.05) is 42.8 Å². The number of rotatable bonds is 0. The maximum atomic E-state index is 5.78. The largest absolute Gasteiger partial charge is 0.384 e. The third kappa shape index (κ3) is 3.72. The molecule has 1 aromatic heterocycles. The minimum atomic E-state index is 0. The van der Waals surface area contributed by atoms with Crippen molar-refractivity contribution in [2.24, 2.45) is 0 Å². The average molecular weight is 321 g/mol. The van der Waals surface area contributed by atoms with E-state index in [2.05, 4.69) is 16.4 Å². The number of benzene rings is 2. The molecule has 0 fully saturated rings. The molecule has 0 saturated heterocycles. The highest BCUT2D eigenvalue weighted by Crippen LogP contribution is 2.25. The first kappa shape index (κ1) is 15.7. The molecule has 0 unspecified atom stereocenters. The van der Waals surface area contributed by atoms with E-state index in [1.165, 1.54) is 16.6 Å². The minimum absolute atomic E-state index is 0. The van der Waals surface area contributed by atoms with Crippen molar-refractivity contribution in [2.75, 3.05) is 11.9 Å². The lowest BCUT2D eigenvalue weighted by Crippen LogP contribution is -1.90. The number of hydrogen-bond donors (Lipinski definition) is 2. The molecule has 0 amide bonds. The molecule has 0 atom stereocenters. The Labute approximate surface area is 135 Å². The standard InChI is InChI=1S/C8H8ClN.C8H6ClN.CH4/c2*9-7-2-1-6-3-4-10-8(6)5-7;/h1-2,5,10H,3-4H2;1-5,10H;1H4. The number of fused-ring (bicyclic) bond motifs is 2. The van der Waals surface area contributed by atoms with Crippen LogP contribution in [0.2, 0.25) is 10.0 Å². The Morgan fingerprint density at radius 2 is 1.67 bits per heavy atom. The van der Waals surface area contributed by atoms with Gasteiger partial charge in [0.1, 0.15) is 0 Å². The summed E-state index contributed by atoms with van der Waals surface area (Å²) in [5.41, 5.74) is 3.67. The zero-order chi connectivity index (χ0) is 13.9. The Bertz CT molecular complexity index is 734. The molecule has 2 N–H and O–H groups in total. The molecular weight excluding hydrogens is 303 g/mol. The van der Waals surface area contributed by atoms with Crippen molar-refractivity contribution in [3.05, 3.63) is 64.3 Å². The number of anilines is 1. The fourth-order valence-electron chi connectivity index (χ4n) is 2.28. The smallest absolute Gasteiger partial charge is 0.0468 e. The van der Waals surface area contributed by atoms with Crippen LogP contribution in [0.15, 0.2) is 48.7 Å². The summed E-state index contributed by atoms with van der Waals surface area (Å²) < 4.78 is 0. The number of H-pyrrole nitrogens is 1. The van der Waals surface area contributed by atoms with Gasteiger partial charge in [-0.3, -0.25) is 0 Å². The molecule has 2 heterocycles. The van der Waals surface area contributed by atoms with E-state index in [1.807, 2.05) is 42.6 Å². The van der Waals surface area contributed by atoms with Crippen LogP contribution in [0.3, 0.4) is 0 Å². The summed E-state index contributed by atoms with van der Waals surface area (Å²) in [5, 5.41) is 6.04. The predicted molar refractivity (Wildman–Crippen MR) is 93.7 cm³/mol. The second kappa shape index (κ2) is 6.88. The topological polar surface area (TPSA) is 27.8 Å². The average Bonchev–Trinajstić information content (AvgIpc) is 3.06. The van der Waals surface area contributed by atoms with E-state index in [9.17, 15) is 0 Å². The number of aromatic nitrogens is 1. The number of aromatic amines is 1. The van der Waals surface area contributed by atoms with Crippen molar-refractivity contribution in [1.82, 2.24) is 4.98 Å². The molecule has 0 aliphatic carbocycles. The first-order valence-electron chi connectivity index (χ1n) is 6.47. The van der Waals surface area contributed by atoms with Crippen LogP contribution in [0, 0.1) is 0 Å². The van der Waals surface area contributed by atoms with Crippen molar-refractivity contribution < 1.29 is 0 Å². The second-order valence-electron chi connectivity index (χ2n) is 4.69. The molecule has 0 bridgehead atoms. The summed E-state index contributed by atoms with van der Waals surface area (Å²) in [6, 6.07) is 13.8. The zero-order valence-electron chi connectivity index (χ0n) is 10.8. The molecule has 110 valence electrons. The van der Waals surface area contributed by atoms with Crippen molar-refractivity contribution in [3.63, 3.8) is 0 Å². The van der Waals surface area contributed by atoms with Gasteiger partial charge in [0.05, 0.1) is 0 Å². The quantitative estimate of drug-likeness (QED) is 0.541. The first-order valence-corrected chi connectivity index (χ1v) is 7.23. The van der Waals surface area contributed by atoms with Crippen LogP contribution in [0.25, 0.3) is 10.9 Å². The molecule has 0 radical (unpaired) electrons. The Kier molecular flexibility index (Phi) is 5.16. The fourth-order valence-corrected chi connectivity index (χ4v) is 2.63. The Hall–Kier alpha value is -1.64. The Morgan fingerprint density at radius 3 is 2.52 bits per heavy atom. The van der Waals surface area contributed by atoms with Crippen molar-refractivity contribution in [3.8, 4) is 0 Å². The second-order valence-corrected chi connectivity index (χ2v) is 5.56. The zero-order valence-corrected chi connectivity index (χ0v) is 12.3. The van der Waals surface area contributed by atoms with Crippen LogP contribution in [0.5, 0.6) is 0 Å². The normalized spacial score (nSPS) is 11.9. The third-order valence-electron chi connectivity index (χ3n) is 3.30. The van der Waals surface area contributed by atoms with Crippen molar-refractivity contribution >= 4 is 39.8 Å². The summed E-state index contributed by atoms with van der Waals surface area (Å²) in [4.78, 5) is 3.08. The van der Waals surface area contributed by atoms with E-state index in [1.54, 1.807) is 0 Å². The van der Waals surface area contributed by atoms with Crippen LogP contribution < -0.4 is 5.32 Å². The fraction of sp³-hybridized carbons (Fsp3) is 0.176. The molecule has 2 nitrogen and oxygen atoms in total. The molecule has 4 rings (SSSR count). The van der Waals surface area contributed by atoms with E-state index in [0.29, 0.717) is 0 Å². The summed E-state index contributed by atoms with van der Waals surface area (Å²) in [5.74, 6) is 0. The lowest BCUT2D eigenvalue weighted by Gasteiger charge is -1.97. The van der Waals surface area contributed by atoms with Crippen LogP contribution >= 0.6 is 23.2 Å². The third-order valence-corrected chi connectivity index (χ3v) is 3.77. The SMILES string of the molecule is C.Clc1ccc2c(c1)NCC2.Clc1ccc2cc[nH]c2c1. The van der Waals surface area contributed by atoms with Crippen LogP contribution in [0.4, 0.5) is 5.69 Å². The van der Waals surface area contributed by atoms with Crippen LogP contribution in [-0.4, -0.2) is 11.5 Å². The highest BCUT2D eigenvalue weighted by molar-refractivity contribution is 6.31. The lowest BCUT2D eigenvalue weighted by molar-refractivity contribution is 1.11. The van der Waals surface area contributed by atoms with Gasteiger partial charge in [0.15, 0.2) is 0 Å². The maximum absolute atomic E-state index is 5.78. The number of halogens is 2. The van der Waals surface area contributed by atoms with Gasteiger partial charge in [-0.2, -0.15) is 0 Å². The summed E-state index contributed by atoms with van der Waals surface area (Å²) in [7, 11) is 0. The minimum Gasteiger partial charge on any atom is -0.384 e. The summed E-state index contributed by atoms with van der Waals surface area (Å²) >= 11 is 11.5. The first-order chi connectivity index (χ1) is 9.72. The van der Waals surface area contributed by atoms with Gasteiger partial charge < -0.3 is 10.3 Å². The monoisotopic (exact) mass is 320 g/mol. The summed E-state index contributed by atoms with van der Waals surface area (Å²) in [6.07, 6.45) is 3.04. The number of hydrogen-bond acceptors (Lipinski definition) is 1. The molecule has 1 aliphatic rings. The Balaban J connectivity index is 0.000000147. The van der Waals surface area contributed by atoms with E-state index >= 15 is 0 Å². The lowest BCUT2D eigenvalue weighted by atomic mass is 10.2. The van der Waals surface area contributed by atoms with E-state index in [0.717, 1.165) is 28.5 Å². The van der Waals surface area contributed by atoms with Crippen LogP contribution in [0.1, 0.15) is 13.0 Å². The predicted octanol–water partition coefficient (Wildman–Crippen LogP) is 5.77. The number of nitrogens with one attached hydrogen (secondary N) is 2. The molecule has 0 spiro atoms. The van der Waals surface area contributed by atoms with Crippen molar-refractivity contribution in [2.45, 2.75) is 13.8 Å². The maximum Gasteiger partial charge on any atom is 0.0468 e. The van der Waals surface area contributed by atoms with E-state index < -0.39 is 0 Å². The van der Waals surface area contributed by atoms with E-state index in [4.69, 9.17) is 23.2 Å². The summed E-state index contributed by atoms with van der Waals surface area (Å²) in [6.45, 7) is 1.05. The van der Waals surface area contributed by atoms with Gasteiger partial charge in [0, 0.05) is 34.0 Å².